The lowest BCUT2D eigenvalue weighted by Crippen LogP contribution is -2.53. The van der Waals surface area contributed by atoms with Gasteiger partial charge in [0.2, 0.25) is 5.91 Å². The van der Waals surface area contributed by atoms with E-state index in [-0.39, 0.29) is 5.02 Å². The Labute approximate surface area is 179 Å². The van der Waals surface area contributed by atoms with Crippen LogP contribution in [0.15, 0.2) is 18.2 Å². The van der Waals surface area contributed by atoms with Crippen LogP contribution in [-0.4, -0.2) is 46.8 Å². The Balaban J connectivity index is 1.81. The maximum atomic E-state index is 13.1. The fourth-order valence-corrected chi connectivity index (χ4v) is 4.65. The average Bonchev–Trinajstić information content (AvgIpc) is 2.91. The Kier molecular flexibility index (Phi) is 5.79. The number of likely N-dealkylation sites (N-methyl/N-ethyl adjacent to an activating group) is 1. The molecule has 4 amide bonds. The summed E-state index contributed by atoms with van der Waals surface area (Å²) in [6.45, 7) is 1.10. The fraction of sp³-hybridized carbons (Fsp3) is 0.500. The topological polar surface area (TPSA) is 93.5 Å². The van der Waals surface area contributed by atoms with Gasteiger partial charge in [-0.25, -0.2) is 4.79 Å². The monoisotopic (exact) mass is 436 g/mol. The van der Waals surface area contributed by atoms with Crippen LogP contribution in [0.3, 0.4) is 0 Å². The van der Waals surface area contributed by atoms with Crippen LogP contribution in [0, 0.1) is 11.3 Å². The number of halogens is 2. The van der Waals surface area contributed by atoms with E-state index in [0.29, 0.717) is 23.4 Å². The number of nitrogens with zero attached hydrogens (tertiary/aromatic N) is 3. The normalized spacial score (nSPS) is 23.5. The van der Waals surface area contributed by atoms with Crippen molar-refractivity contribution < 1.29 is 14.4 Å². The quantitative estimate of drug-likeness (QED) is 0.731. The molecule has 1 N–H and O–H groups in total. The van der Waals surface area contributed by atoms with Crippen molar-refractivity contribution in [1.82, 2.24) is 15.1 Å². The Morgan fingerprint density at radius 1 is 1.28 bits per heavy atom. The number of nitriles is 1. The highest BCUT2D eigenvalue weighted by Crippen LogP contribution is 2.36. The molecule has 0 aromatic heterocycles. The van der Waals surface area contributed by atoms with Crippen molar-refractivity contribution in [2.24, 2.45) is 0 Å². The lowest BCUT2D eigenvalue weighted by Gasteiger charge is -2.39. The van der Waals surface area contributed by atoms with Crippen LogP contribution in [0.2, 0.25) is 10.0 Å². The molecule has 1 heterocycles. The number of urea groups is 1. The van der Waals surface area contributed by atoms with Crippen LogP contribution in [0.4, 0.5) is 4.79 Å². The summed E-state index contributed by atoms with van der Waals surface area (Å²) in [4.78, 5) is 40.7. The van der Waals surface area contributed by atoms with E-state index >= 15 is 0 Å². The summed E-state index contributed by atoms with van der Waals surface area (Å²) in [5.74, 6) is -1.04. The molecule has 3 rings (SSSR count). The number of carbonyl (C=O) groups excluding carboxylic acids is 3. The van der Waals surface area contributed by atoms with Gasteiger partial charge in [-0.3, -0.25) is 14.5 Å². The molecule has 1 aliphatic carbocycles. The van der Waals surface area contributed by atoms with E-state index in [4.69, 9.17) is 23.2 Å². The first-order chi connectivity index (χ1) is 13.6. The van der Waals surface area contributed by atoms with Gasteiger partial charge < -0.3 is 10.2 Å². The maximum Gasteiger partial charge on any atom is 0.325 e. The highest BCUT2D eigenvalue weighted by molar-refractivity contribution is 6.35. The molecule has 1 saturated heterocycles. The molecule has 1 aromatic carbocycles. The molecule has 1 atom stereocenters. The zero-order chi connectivity index (χ0) is 21.4. The van der Waals surface area contributed by atoms with Gasteiger partial charge in [0.15, 0.2) is 0 Å². The minimum Gasteiger partial charge on any atom is -0.325 e. The largest absolute Gasteiger partial charge is 0.325 e. The van der Waals surface area contributed by atoms with E-state index in [2.05, 4.69) is 11.4 Å². The molecule has 9 heteroatoms. The molecule has 0 unspecified atom stereocenters. The Morgan fingerprint density at radius 3 is 2.52 bits per heavy atom. The first-order valence-corrected chi connectivity index (χ1v) is 10.2. The number of rotatable bonds is 4. The van der Waals surface area contributed by atoms with Crippen LogP contribution in [0.5, 0.6) is 0 Å². The second-order valence-corrected chi connectivity index (χ2v) is 8.57. The standard InChI is InChI=1S/C20H22Cl2N4O3/c1-19(14-7-6-13(21)10-15(14)22)17(28)26(18(29)24-19)11-16(27)25(2)20(12-23)8-4-3-5-9-20/h6-7,10H,3-5,8-9,11H2,1-2H3,(H,24,29)/t19-/m0/s1. The fourth-order valence-electron chi connectivity index (χ4n) is 4.06. The molecule has 0 bridgehead atoms. The summed E-state index contributed by atoms with van der Waals surface area (Å²) in [6.07, 6.45) is 3.93. The first-order valence-electron chi connectivity index (χ1n) is 9.42. The summed E-state index contributed by atoms with van der Waals surface area (Å²) >= 11 is 12.2. The summed E-state index contributed by atoms with van der Waals surface area (Å²) in [5, 5.41) is 13.0. The maximum absolute atomic E-state index is 13.1. The number of nitrogens with one attached hydrogen (secondary N) is 1. The van der Waals surface area contributed by atoms with Crippen LogP contribution in [0.25, 0.3) is 0 Å². The average molecular weight is 437 g/mol. The van der Waals surface area contributed by atoms with Crippen molar-refractivity contribution in [3.05, 3.63) is 33.8 Å². The highest BCUT2D eigenvalue weighted by atomic mass is 35.5. The summed E-state index contributed by atoms with van der Waals surface area (Å²) < 4.78 is 0. The zero-order valence-corrected chi connectivity index (χ0v) is 17.8. The van der Waals surface area contributed by atoms with Crippen molar-refractivity contribution in [2.75, 3.05) is 13.6 Å². The van der Waals surface area contributed by atoms with Crippen molar-refractivity contribution in [3.63, 3.8) is 0 Å². The lowest BCUT2D eigenvalue weighted by molar-refractivity contribution is -0.141. The van der Waals surface area contributed by atoms with Gasteiger partial charge in [-0.05, 0) is 31.9 Å². The van der Waals surface area contributed by atoms with Gasteiger partial charge in [-0.15, -0.1) is 0 Å². The molecule has 2 fully saturated rings. The molecular formula is C20H22Cl2N4O3. The SMILES string of the molecule is CN(C(=O)CN1C(=O)N[C@@](C)(c2ccc(Cl)cc2Cl)C1=O)C1(C#N)CCCCC1. The first kappa shape index (κ1) is 21.4. The smallest absolute Gasteiger partial charge is 0.325 e. The Bertz CT molecular complexity index is 907. The van der Waals surface area contributed by atoms with Crippen LogP contribution in [-0.2, 0) is 15.1 Å². The van der Waals surface area contributed by atoms with Crippen molar-refractivity contribution in [3.8, 4) is 6.07 Å². The predicted molar refractivity (Wildman–Crippen MR) is 108 cm³/mol. The molecular weight excluding hydrogens is 415 g/mol. The van der Waals surface area contributed by atoms with Gasteiger partial charge in [-0.1, -0.05) is 48.5 Å². The van der Waals surface area contributed by atoms with E-state index < -0.39 is 35.5 Å². The number of imide groups is 1. The molecule has 1 aromatic rings. The summed E-state index contributed by atoms with van der Waals surface area (Å²) in [5.41, 5.74) is -1.90. The van der Waals surface area contributed by atoms with Crippen LogP contribution >= 0.6 is 23.2 Å². The molecule has 154 valence electrons. The summed E-state index contributed by atoms with van der Waals surface area (Å²) in [7, 11) is 1.56. The minimum atomic E-state index is -1.41. The van der Waals surface area contributed by atoms with E-state index in [1.807, 2.05) is 0 Å². The van der Waals surface area contributed by atoms with Crippen molar-refractivity contribution in [2.45, 2.75) is 50.1 Å². The molecule has 1 aliphatic heterocycles. The highest BCUT2D eigenvalue weighted by Gasteiger charge is 2.51. The predicted octanol–water partition coefficient (Wildman–Crippen LogP) is 3.45. The van der Waals surface area contributed by atoms with Crippen molar-refractivity contribution in [1.29, 1.82) is 5.26 Å². The Morgan fingerprint density at radius 2 is 1.93 bits per heavy atom. The molecule has 1 saturated carbocycles. The van der Waals surface area contributed by atoms with Crippen LogP contribution < -0.4 is 5.32 Å². The van der Waals surface area contributed by atoms with E-state index in [0.717, 1.165) is 24.2 Å². The van der Waals surface area contributed by atoms with E-state index in [1.165, 1.54) is 17.9 Å². The summed E-state index contributed by atoms with van der Waals surface area (Å²) in [6, 6.07) is 6.24. The number of carbonyl (C=O) groups is 3. The third kappa shape index (κ3) is 3.67. The third-order valence-corrected chi connectivity index (χ3v) is 6.49. The number of benzene rings is 1. The van der Waals surface area contributed by atoms with Gasteiger partial charge in [0.05, 0.1) is 6.07 Å². The van der Waals surface area contributed by atoms with Gasteiger partial charge in [-0.2, -0.15) is 5.26 Å². The van der Waals surface area contributed by atoms with E-state index in [9.17, 15) is 19.6 Å². The minimum absolute atomic E-state index is 0.240. The van der Waals surface area contributed by atoms with Crippen molar-refractivity contribution >= 4 is 41.0 Å². The van der Waals surface area contributed by atoms with Crippen LogP contribution in [0.1, 0.15) is 44.6 Å². The van der Waals surface area contributed by atoms with Gasteiger partial charge in [0, 0.05) is 22.7 Å². The molecule has 7 nitrogen and oxygen atoms in total. The van der Waals surface area contributed by atoms with Gasteiger partial charge >= 0.3 is 6.03 Å². The van der Waals surface area contributed by atoms with Gasteiger partial charge in [0.1, 0.15) is 17.6 Å². The number of hydrogen-bond donors (Lipinski definition) is 1. The second-order valence-electron chi connectivity index (χ2n) is 7.73. The van der Waals surface area contributed by atoms with Gasteiger partial charge in [0.25, 0.3) is 5.91 Å². The second kappa shape index (κ2) is 7.85. The molecule has 0 spiro atoms. The third-order valence-electron chi connectivity index (χ3n) is 5.94. The number of hydrogen-bond acceptors (Lipinski definition) is 4. The molecule has 29 heavy (non-hydrogen) atoms. The van der Waals surface area contributed by atoms with E-state index in [1.54, 1.807) is 19.2 Å². The molecule has 2 aliphatic rings. The molecule has 0 radical (unpaired) electrons. The zero-order valence-electron chi connectivity index (χ0n) is 16.3. The lowest BCUT2D eigenvalue weighted by atomic mass is 9.81. The number of amides is 4. The Hall–Kier alpha value is -2.30.